The Labute approximate surface area is 525 Å². The summed E-state index contributed by atoms with van der Waals surface area (Å²) in [6.45, 7) is 14.7. The van der Waals surface area contributed by atoms with Crippen molar-refractivity contribution in [2.24, 2.45) is 0 Å². The van der Waals surface area contributed by atoms with Gasteiger partial charge in [0.15, 0.2) is 0 Å². The Morgan fingerprint density at radius 3 is 0.910 bits per heavy atom. The molecule has 4 heterocycles. The Hall–Kier alpha value is -10.4. The van der Waals surface area contributed by atoms with E-state index in [1.807, 2.05) is 36.8 Å². The summed E-state index contributed by atoms with van der Waals surface area (Å²) in [5.41, 5.74) is 25.0. The largest absolute Gasteiger partial charge is 0.292 e. The highest BCUT2D eigenvalue weighted by Gasteiger charge is 2.38. The monoisotopic (exact) mass is 1180 g/mol. The molecule has 0 unspecified atom stereocenters. The molecule has 0 bridgehead atoms. The van der Waals surface area contributed by atoms with E-state index >= 15 is 0 Å². The number of nitrogens with zero attached hydrogens (tertiary/aromatic N) is 5. The highest BCUT2D eigenvalue weighted by atomic mass is 28.3. The highest BCUT2D eigenvalue weighted by molar-refractivity contribution is 6.91. The predicted octanol–water partition coefficient (Wildman–Crippen LogP) is 20.7. The summed E-state index contributed by atoms with van der Waals surface area (Å²) in [6, 6.07) is 103. The molecule has 0 N–H and O–H groups in total. The number of benzene rings is 10. The Morgan fingerprint density at radius 1 is 0.247 bits per heavy atom. The summed E-state index contributed by atoms with van der Waals surface area (Å²) in [5.74, 6) is 0.922. The van der Waals surface area contributed by atoms with Gasteiger partial charge in [0.25, 0.3) is 0 Å². The number of pyridine rings is 3. The van der Waals surface area contributed by atoms with Gasteiger partial charge in [0.2, 0.25) is 0 Å². The van der Waals surface area contributed by atoms with Crippen LogP contribution in [0.3, 0.4) is 0 Å². The molecule has 0 aliphatic heterocycles. The van der Waals surface area contributed by atoms with Crippen molar-refractivity contribution in [2.45, 2.75) is 39.3 Å². The smallest absolute Gasteiger partial charge is 0.146 e. The van der Waals surface area contributed by atoms with Crippen molar-refractivity contribution in [3.8, 4) is 118 Å². The van der Waals surface area contributed by atoms with Crippen LogP contribution >= 0.6 is 0 Å². The van der Waals surface area contributed by atoms with Crippen LogP contribution < -0.4 is 10.4 Å². The summed E-state index contributed by atoms with van der Waals surface area (Å²) in [6.07, 6.45) is 5.71. The Kier molecular flexibility index (Phi) is 16.3. The first-order chi connectivity index (χ1) is 43.5. The summed E-state index contributed by atoms with van der Waals surface area (Å²) < 4.78 is 2.35. The number of fused-ring (bicyclic) bond motifs is 1. The predicted molar refractivity (Wildman–Crippen MR) is 381 cm³/mol. The van der Waals surface area contributed by atoms with Gasteiger partial charge in [-0.1, -0.05) is 270 Å². The van der Waals surface area contributed by atoms with E-state index in [1.54, 1.807) is 0 Å². The van der Waals surface area contributed by atoms with Gasteiger partial charge in [0, 0.05) is 52.1 Å². The van der Waals surface area contributed by atoms with E-state index in [1.165, 1.54) is 66.0 Å². The number of rotatable bonds is 13. The van der Waals surface area contributed by atoms with Crippen molar-refractivity contribution in [3.05, 3.63) is 310 Å². The fourth-order valence-corrected chi connectivity index (χ4v) is 16.9. The van der Waals surface area contributed by atoms with Gasteiger partial charge in [0.1, 0.15) is 5.82 Å². The summed E-state index contributed by atoms with van der Waals surface area (Å²) >= 11 is 0. The first kappa shape index (κ1) is 57.6. The molecule has 0 spiro atoms. The first-order valence-electron chi connectivity index (χ1n) is 30.6. The molecule has 0 amide bonds. The average Bonchev–Trinajstić information content (AvgIpc) is 1.57. The molecule has 0 radical (unpaired) electrons. The lowest BCUT2D eigenvalue weighted by molar-refractivity contribution is 1.10. The third-order valence-corrected chi connectivity index (χ3v) is 20.4. The molecule has 4 aromatic heterocycles. The van der Waals surface area contributed by atoms with Crippen LogP contribution in [0.25, 0.3) is 129 Å². The molecule has 0 fully saturated rings. The third kappa shape index (κ3) is 11.5. The van der Waals surface area contributed by atoms with E-state index in [4.69, 9.17) is 19.9 Å². The molecule has 0 saturated heterocycles. The quantitative estimate of drug-likeness (QED) is 0.108. The molecule has 0 aliphatic carbocycles. The highest BCUT2D eigenvalue weighted by Crippen LogP contribution is 2.52. The van der Waals surface area contributed by atoms with E-state index < -0.39 is 16.1 Å². The normalized spacial score (nSPS) is 11.5. The van der Waals surface area contributed by atoms with Crippen LogP contribution in [-0.4, -0.2) is 40.7 Å². The molecule has 430 valence electrons. The van der Waals surface area contributed by atoms with E-state index in [0.29, 0.717) is 0 Å². The van der Waals surface area contributed by atoms with Crippen molar-refractivity contribution < 1.29 is 0 Å². The van der Waals surface area contributed by atoms with E-state index in [2.05, 4.69) is 317 Å². The van der Waals surface area contributed by atoms with Crippen LogP contribution in [0.4, 0.5) is 0 Å². The van der Waals surface area contributed by atoms with Gasteiger partial charge >= 0.3 is 0 Å². The van der Waals surface area contributed by atoms with Gasteiger partial charge in [0.05, 0.1) is 44.3 Å². The van der Waals surface area contributed by atoms with Gasteiger partial charge in [-0.25, -0.2) is 4.98 Å². The number of para-hydroxylation sites is 3. The topological polar surface area (TPSA) is 56.5 Å². The second-order valence-electron chi connectivity index (χ2n) is 24.4. The molecule has 14 rings (SSSR count). The summed E-state index contributed by atoms with van der Waals surface area (Å²) in [4.78, 5) is 20.7. The van der Waals surface area contributed by atoms with E-state index in [0.717, 1.165) is 73.0 Å². The lowest BCUT2D eigenvalue weighted by Crippen LogP contribution is -2.42. The van der Waals surface area contributed by atoms with Crippen LogP contribution in [-0.2, 0) is 0 Å². The van der Waals surface area contributed by atoms with E-state index in [9.17, 15) is 0 Å². The Bertz CT molecular complexity index is 4610. The second-order valence-corrected chi connectivity index (χ2v) is 34.4. The van der Waals surface area contributed by atoms with Crippen LogP contribution in [0.5, 0.6) is 0 Å². The second kappa shape index (κ2) is 25.1. The van der Waals surface area contributed by atoms with Crippen molar-refractivity contribution in [1.82, 2.24) is 24.5 Å². The van der Waals surface area contributed by atoms with Crippen molar-refractivity contribution in [1.29, 1.82) is 0 Å². The lowest BCUT2D eigenvalue weighted by atomic mass is 9.79. The maximum atomic E-state index is 5.54. The van der Waals surface area contributed by atoms with Gasteiger partial charge in [-0.05, 0) is 132 Å². The van der Waals surface area contributed by atoms with Crippen LogP contribution in [0.2, 0.25) is 39.3 Å². The zero-order valence-corrected chi connectivity index (χ0v) is 53.2. The number of hydrogen-bond donors (Lipinski definition) is 0. The molecule has 0 atom stereocenters. The molecular weight excluding hydrogens is 1110 g/mol. The van der Waals surface area contributed by atoms with Crippen LogP contribution in [0.1, 0.15) is 0 Å². The van der Waals surface area contributed by atoms with Crippen LogP contribution in [0.15, 0.2) is 310 Å². The first-order valence-corrected chi connectivity index (χ1v) is 37.6. The molecule has 7 heteroatoms. The Balaban J connectivity index is 0.000000167. The standard InChI is InChI=1S/C44H36N4Si.C38H33NSi/c1-49(2,3)43-39(32-21-9-5-10-22-32)41(36-27-16-18-30-46-36)40(35-26-15-17-29-45-35)38(31-19-7-4-8-20-31)42(43)44-47-34-25-13-14-28-37(34)48(44)33-23-11-6-12-24-33;1-40(2,3)38-36(31-24-14-7-15-25-31)34(29-20-10-5-11-21-29)33(28-18-8-4-9-19-28)35(30-22-12-6-13-23-30)37(38)32-26-16-17-27-39-32/h4-30H,1-3H3;4-27H,1-3H3. The van der Waals surface area contributed by atoms with Crippen molar-refractivity contribution >= 4 is 37.6 Å². The van der Waals surface area contributed by atoms with Gasteiger partial charge in [-0.3, -0.25) is 19.5 Å². The van der Waals surface area contributed by atoms with Crippen molar-refractivity contribution in [3.63, 3.8) is 0 Å². The van der Waals surface area contributed by atoms with Crippen LogP contribution in [0, 0.1) is 0 Å². The number of imidazole rings is 1. The molecule has 10 aromatic carbocycles. The zero-order chi connectivity index (χ0) is 60.9. The molecular formula is C82H69N5Si2. The maximum Gasteiger partial charge on any atom is 0.146 e. The fourth-order valence-electron chi connectivity index (χ4n) is 12.9. The SMILES string of the molecule is C[Si](C)(C)c1c(-c2ccccc2)c(-c2ccccc2)c(-c2ccccc2)c(-c2ccccc2)c1-c1ccccn1.C[Si](C)(C)c1c(-c2ccccc2)c(-c2ccccn2)c(-c2ccccn2)c(-c2ccccc2)c1-c1nc2ccccc2n1-c1ccccc1. The summed E-state index contributed by atoms with van der Waals surface area (Å²) in [7, 11) is -4.20. The van der Waals surface area contributed by atoms with Gasteiger partial charge in [-0.15, -0.1) is 0 Å². The molecule has 89 heavy (non-hydrogen) atoms. The van der Waals surface area contributed by atoms with Crippen molar-refractivity contribution in [2.75, 3.05) is 0 Å². The molecule has 14 aromatic rings. The van der Waals surface area contributed by atoms with Gasteiger partial charge in [-0.2, -0.15) is 0 Å². The summed E-state index contributed by atoms with van der Waals surface area (Å²) in [5, 5.41) is 2.78. The fraction of sp³-hybridized carbons (Fsp3) is 0.0732. The van der Waals surface area contributed by atoms with E-state index in [-0.39, 0.29) is 0 Å². The third-order valence-electron chi connectivity index (χ3n) is 16.4. The number of hydrogen-bond acceptors (Lipinski definition) is 4. The molecule has 5 nitrogen and oxygen atoms in total. The maximum absolute atomic E-state index is 5.54. The Morgan fingerprint density at radius 2 is 0.528 bits per heavy atom. The lowest BCUT2D eigenvalue weighted by Gasteiger charge is -2.33. The molecule has 0 aliphatic rings. The number of aromatic nitrogens is 5. The minimum absolute atomic E-state index is 0.893. The van der Waals surface area contributed by atoms with Gasteiger partial charge < -0.3 is 0 Å². The minimum Gasteiger partial charge on any atom is -0.292 e. The minimum atomic E-state index is -2.21. The zero-order valence-electron chi connectivity index (χ0n) is 51.2. The molecule has 0 saturated carbocycles. The average molecular weight is 1180 g/mol.